The van der Waals surface area contributed by atoms with Gasteiger partial charge in [-0.25, -0.2) is 0 Å². The van der Waals surface area contributed by atoms with Crippen LogP contribution in [-0.2, 0) is 15.6 Å². The zero-order valence-corrected chi connectivity index (χ0v) is 15.1. The maximum absolute atomic E-state index is 12.9. The molecule has 0 N–H and O–H groups in total. The van der Waals surface area contributed by atoms with Crippen molar-refractivity contribution in [3.63, 3.8) is 0 Å². The number of nitrogens with zero attached hydrogens (tertiary/aromatic N) is 1. The summed E-state index contributed by atoms with van der Waals surface area (Å²) in [6, 6.07) is 15.4. The third-order valence-corrected chi connectivity index (χ3v) is 6.15. The molecule has 0 aromatic heterocycles. The Morgan fingerprint density at radius 2 is 1.72 bits per heavy atom. The third kappa shape index (κ3) is 3.99. The van der Waals surface area contributed by atoms with Crippen LogP contribution in [0.1, 0.15) is 29.6 Å². The van der Waals surface area contributed by atoms with Crippen LogP contribution >= 0.6 is 11.6 Å². The number of carbonyl (C=O) groups excluding carboxylic acids is 2. The fraction of sp³-hybridized carbons (Fsp3) is 0.263. The normalized spacial score (nSPS) is 19.3. The summed E-state index contributed by atoms with van der Waals surface area (Å²) in [5.74, 6) is -0.690. The Morgan fingerprint density at radius 3 is 2.40 bits per heavy atom. The molecule has 2 atom stereocenters. The molecule has 2 amide bonds. The van der Waals surface area contributed by atoms with Gasteiger partial charge in [0.25, 0.3) is 5.91 Å². The average molecular weight is 376 g/mol. The van der Waals surface area contributed by atoms with Crippen LogP contribution in [0.5, 0.6) is 0 Å². The van der Waals surface area contributed by atoms with E-state index in [4.69, 9.17) is 11.6 Å². The van der Waals surface area contributed by atoms with Gasteiger partial charge in [-0.3, -0.25) is 18.7 Å². The Bertz CT molecular complexity index is 792. The van der Waals surface area contributed by atoms with E-state index in [-0.39, 0.29) is 11.8 Å². The maximum Gasteiger partial charge on any atom is 0.260 e. The van der Waals surface area contributed by atoms with Gasteiger partial charge in [-0.15, -0.1) is 0 Å². The average Bonchev–Trinajstić information content (AvgIpc) is 2.83. The molecule has 0 bridgehead atoms. The van der Waals surface area contributed by atoms with Gasteiger partial charge in [0.05, 0.1) is 10.8 Å². The van der Waals surface area contributed by atoms with Crippen LogP contribution in [0.15, 0.2) is 59.5 Å². The summed E-state index contributed by atoms with van der Waals surface area (Å²) in [5.41, 5.74) is 0.466. The summed E-state index contributed by atoms with van der Waals surface area (Å²) in [7, 11) is -1.52. The second kappa shape index (κ2) is 7.93. The van der Waals surface area contributed by atoms with E-state index in [9.17, 15) is 13.8 Å². The molecule has 130 valence electrons. The number of amides is 2. The van der Waals surface area contributed by atoms with Crippen molar-refractivity contribution >= 4 is 34.2 Å². The first kappa shape index (κ1) is 17.8. The fourth-order valence-corrected chi connectivity index (χ4v) is 4.43. The van der Waals surface area contributed by atoms with Crippen LogP contribution in [0.2, 0.25) is 5.02 Å². The third-order valence-electron chi connectivity index (χ3n) is 4.21. The number of carbonyl (C=O) groups is 2. The van der Waals surface area contributed by atoms with Crippen molar-refractivity contribution in [2.24, 2.45) is 0 Å². The minimum atomic E-state index is -1.52. The summed E-state index contributed by atoms with van der Waals surface area (Å²) in [6.07, 6.45) is 1.99. The molecule has 0 radical (unpaired) electrons. The van der Waals surface area contributed by atoms with Crippen LogP contribution in [0, 0.1) is 0 Å². The van der Waals surface area contributed by atoms with E-state index in [1.54, 1.807) is 48.5 Å². The van der Waals surface area contributed by atoms with Gasteiger partial charge in [0.15, 0.2) is 0 Å². The number of hydrogen-bond donors (Lipinski definition) is 0. The highest BCUT2D eigenvalue weighted by Gasteiger charge is 2.35. The molecule has 1 aliphatic rings. The van der Waals surface area contributed by atoms with Crippen LogP contribution in [0.25, 0.3) is 0 Å². The van der Waals surface area contributed by atoms with Gasteiger partial charge >= 0.3 is 0 Å². The van der Waals surface area contributed by atoms with E-state index in [0.29, 0.717) is 28.4 Å². The topological polar surface area (TPSA) is 54.5 Å². The number of halogens is 1. The monoisotopic (exact) mass is 375 g/mol. The van der Waals surface area contributed by atoms with Crippen LogP contribution in [0.3, 0.4) is 0 Å². The van der Waals surface area contributed by atoms with Crippen LogP contribution < -0.4 is 0 Å². The van der Waals surface area contributed by atoms with Crippen molar-refractivity contribution < 1.29 is 13.8 Å². The number of imide groups is 1. The second-order valence-electron chi connectivity index (χ2n) is 5.90. The standard InChI is InChI=1S/C19H18ClNO3S/c20-15-9-11-16(12-10-15)25(24)17-8-4-5-13-21(19(17)23)18(22)14-6-2-1-3-7-14/h1-3,6-7,9-12,17H,4-5,8,13H2. The largest absolute Gasteiger partial charge is 0.277 e. The Balaban J connectivity index is 1.85. The minimum absolute atomic E-state index is 0.328. The molecule has 2 unspecified atom stereocenters. The summed E-state index contributed by atoms with van der Waals surface area (Å²) in [6.45, 7) is 0.362. The highest BCUT2D eigenvalue weighted by atomic mass is 35.5. The predicted molar refractivity (Wildman–Crippen MR) is 98.0 cm³/mol. The van der Waals surface area contributed by atoms with Crippen molar-refractivity contribution in [2.75, 3.05) is 6.54 Å². The first-order chi connectivity index (χ1) is 12.1. The van der Waals surface area contributed by atoms with Gasteiger partial charge in [0.2, 0.25) is 5.91 Å². The Morgan fingerprint density at radius 1 is 1.04 bits per heavy atom. The van der Waals surface area contributed by atoms with Gasteiger partial charge in [-0.05, 0) is 55.7 Å². The molecule has 1 aliphatic heterocycles. The van der Waals surface area contributed by atoms with E-state index < -0.39 is 16.0 Å². The Labute approximate surface area is 154 Å². The molecule has 25 heavy (non-hydrogen) atoms. The van der Waals surface area contributed by atoms with Crippen molar-refractivity contribution in [3.05, 3.63) is 65.2 Å². The van der Waals surface area contributed by atoms with Gasteiger partial charge in [-0.1, -0.05) is 29.8 Å². The highest BCUT2D eigenvalue weighted by Crippen LogP contribution is 2.23. The Kier molecular flexibility index (Phi) is 5.66. The summed E-state index contributed by atoms with van der Waals surface area (Å²) < 4.78 is 12.9. The zero-order valence-electron chi connectivity index (χ0n) is 13.6. The molecule has 2 aromatic rings. The lowest BCUT2D eigenvalue weighted by molar-refractivity contribution is -0.127. The lowest BCUT2D eigenvalue weighted by atomic mass is 10.2. The number of hydrogen-bond acceptors (Lipinski definition) is 3. The molecule has 0 saturated carbocycles. The molecular weight excluding hydrogens is 358 g/mol. The first-order valence-electron chi connectivity index (χ1n) is 8.15. The molecule has 1 fully saturated rings. The minimum Gasteiger partial charge on any atom is -0.277 e. The van der Waals surface area contributed by atoms with Crippen LogP contribution in [0.4, 0.5) is 0 Å². The zero-order chi connectivity index (χ0) is 17.8. The quantitative estimate of drug-likeness (QED) is 0.769. The van der Waals surface area contributed by atoms with Gasteiger partial charge in [0, 0.05) is 22.0 Å². The Hall–Kier alpha value is -1.98. The molecule has 1 heterocycles. The molecule has 0 spiro atoms. The fourth-order valence-electron chi connectivity index (χ4n) is 2.88. The van der Waals surface area contributed by atoms with E-state index in [0.717, 1.165) is 12.8 Å². The van der Waals surface area contributed by atoms with Gasteiger partial charge < -0.3 is 0 Å². The second-order valence-corrected chi connectivity index (χ2v) is 7.97. The van der Waals surface area contributed by atoms with Crippen molar-refractivity contribution in [1.29, 1.82) is 0 Å². The summed E-state index contributed by atoms with van der Waals surface area (Å²) >= 11 is 5.87. The molecule has 6 heteroatoms. The molecule has 2 aromatic carbocycles. The van der Waals surface area contributed by atoms with E-state index in [1.807, 2.05) is 6.07 Å². The molecule has 3 rings (SSSR count). The van der Waals surface area contributed by atoms with E-state index in [1.165, 1.54) is 4.90 Å². The van der Waals surface area contributed by atoms with E-state index in [2.05, 4.69) is 0 Å². The molecule has 0 aliphatic carbocycles. The van der Waals surface area contributed by atoms with Gasteiger partial charge in [-0.2, -0.15) is 0 Å². The first-order valence-corrected chi connectivity index (χ1v) is 9.74. The smallest absolute Gasteiger partial charge is 0.260 e. The summed E-state index contributed by atoms with van der Waals surface area (Å²) in [5, 5.41) is -0.162. The van der Waals surface area contributed by atoms with Crippen molar-refractivity contribution in [3.8, 4) is 0 Å². The van der Waals surface area contributed by atoms with Crippen molar-refractivity contribution in [2.45, 2.75) is 29.4 Å². The predicted octanol–water partition coefficient (Wildman–Crippen LogP) is 3.67. The molecule has 4 nitrogen and oxygen atoms in total. The van der Waals surface area contributed by atoms with Crippen LogP contribution in [-0.4, -0.2) is 32.7 Å². The molecular formula is C19H18ClNO3S. The van der Waals surface area contributed by atoms with E-state index >= 15 is 0 Å². The molecule has 1 saturated heterocycles. The van der Waals surface area contributed by atoms with Crippen molar-refractivity contribution in [1.82, 2.24) is 4.90 Å². The number of benzene rings is 2. The lowest BCUT2D eigenvalue weighted by Crippen LogP contribution is -2.43. The number of rotatable bonds is 3. The lowest BCUT2D eigenvalue weighted by Gasteiger charge is -2.22. The van der Waals surface area contributed by atoms with Gasteiger partial charge in [0.1, 0.15) is 5.25 Å². The SMILES string of the molecule is O=C(c1ccccc1)N1CCCCC(S(=O)c2ccc(Cl)cc2)C1=O. The summed E-state index contributed by atoms with van der Waals surface area (Å²) in [4.78, 5) is 27.4. The number of likely N-dealkylation sites (tertiary alicyclic amines) is 1. The highest BCUT2D eigenvalue weighted by molar-refractivity contribution is 7.86. The maximum atomic E-state index is 12.9.